The third-order valence-electron chi connectivity index (χ3n) is 3.16. The molecule has 18 heavy (non-hydrogen) atoms. The number of hydrogen-bond donors (Lipinski definition) is 1. The smallest absolute Gasteiger partial charge is 0.163 e. The second-order valence-corrected chi connectivity index (χ2v) is 4.84. The minimum atomic E-state index is -0.960. The largest absolute Gasteiger partial charge is 0.390 e. The van der Waals surface area contributed by atoms with Gasteiger partial charge < -0.3 is 14.6 Å². The van der Waals surface area contributed by atoms with Gasteiger partial charge >= 0.3 is 0 Å². The molecule has 2 aliphatic rings. The highest BCUT2D eigenvalue weighted by molar-refractivity contribution is 5.04. The monoisotopic (exact) mass is 254 g/mol. The Labute approximate surface area is 103 Å². The molecule has 0 aromatic carbocycles. The molecular formula is C9H14N6O3. The average molecular weight is 254 g/mol. The molecule has 5 atom stereocenters. The van der Waals surface area contributed by atoms with Crippen molar-refractivity contribution in [2.75, 3.05) is 0 Å². The van der Waals surface area contributed by atoms with E-state index < -0.39 is 36.2 Å². The Kier molecular flexibility index (Phi) is 3.34. The third-order valence-corrected chi connectivity index (χ3v) is 3.16. The summed E-state index contributed by atoms with van der Waals surface area (Å²) in [5, 5.41) is 17.2. The normalized spacial score (nSPS) is 41.4. The number of rotatable bonds is 2. The highest BCUT2D eigenvalue weighted by Crippen LogP contribution is 2.39. The molecule has 98 valence electrons. The van der Waals surface area contributed by atoms with Crippen LogP contribution in [0.3, 0.4) is 0 Å². The number of nitrogens with zero attached hydrogens (tertiary/aromatic N) is 6. The van der Waals surface area contributed by atoms with Gasteiger partial charge in [0, 0.05) is 9.82 Å². The molecule has 1 heterocycles. The standard InChI is InChI=1S/C9H14N6O3/c1-9(2)17-7-5(13-15-11)3-4(12-14-10)6(16)8(7)18-9/h4-8,16H,3H2,1-2H3/t4-,5+,6+,7-,8-/m1/s1. The van der Waals surface area contributed by atoms with Crippen LogP contribution in [0.2, 0.25) is 0 Å². The van der Waals surface area contributed by atoms with E-state index in [1.165, 1.54) is 0 Å². The Morgan fingerprint density at radius 2 is 1.67 bits per heavy atom. The molecule has 2 fully saturated rings. The SMILES string of the molecule is CC1(C)O[C@@H]2[C@@H](O)[C@H](N=[N+]=[N-])C[C@H](N=[N+]=[N-])[C@H]2O1. The zero-order chi connectivity index (χ0) is 13.3. The Balaban J connectivity index is 2.29. The fourth-order valence-electron chi connectivity index (χ4n) is 2.48. The first-order valence-corrected chi connectivity index (χ1v) is 5.60. The summed E-state index contributed by atoms with van der Waals surface area (Å²) in [6.07, 6.45) is -1.88. The second-order valence-electron chi connectivity index (χ2n) is 4.84. The van der Waals surface area contributed by atoms with Crippen LogP contribution in [0.1, 0.15) is 20.3 Å². The van der Waals surface area contributed by atoms with E-state index in [1.54, 1.807) is 13.8 Å². The maximum Gasteiger partial charge on any atom is 0.163 e. The van der Waals surface area contributed by atoms with E-state index in [2.05, 4.69) is 20.1 Å². The molecule has 1 aliphatic carbocycles. The van der Waals surface area contributed by atoms with Gasteiger partial charge in [0.2, 0.25) is 0 Å². The first-order chi connectivity index (χ1) is 8.48. The summed E-state index contributed by atoms with van der Waals surface area (Å²) >= 11 is 0. The molecule has 0 amide bonds. The van der Waals surface area contributed by atoms with Gasteiger partial charge in [-0.3, -0.25) is 0 Å². The van der Waals surface area contributed by atoms with E-state index in [0.29, 0.717) is 0 Å². The van der Waals surface area contributed by atoms with Crippen LogP contribution < -0.4 is 0 Å². The molecule has 0 unspecified atom stereocenters. The lowest BCUT2D eigenvalue weighted by atomic mass is 9.85. The van der Waals surface area contributed by atoms with E-state index >= 15 is 0 Å². The molecule has 0 aromatic rings. The summed E-state index contributed by atoms with van der Waals surface area (Å²) in [5.74, 6) is -0.856. The lowest BCUT2D eigenvalue weighted by Crippen LogP contribution is -2.53. The van der Waals surface area contributed by atoms with E-state index in [-0.39, 0.29) is 6.42 Å². The van der Waals surface area contributed by atoms with Crippen LogP contribution in [0.25, 0.3) is 20.9 Å². The predicted molar refractivity (Wildman–Crippen MR) is 60.3 cm³/mol. The number of fused-ring (bicyclic) bond motifs is 1. The van der Waals surface area contributed by atoms with Gasteiger partial charge in [-0.2, -0.15) is 0 Å². The molecule has 1 saturated carbocycles. The van der Waals surface area contributed by atoms with Crippen molar-refractivity contribution in [1.82, 2.24) is 0 Å². The van der Waals surface area contributed by atoms with Gasteiger partial charge in [0.1, 0.15) is 6.10 Å². The summed E-state index contributed by atoms with van der Waals surface area (Å²) in [6, 6.07) is -1.19. The van der Waals surface area contributed by atoms with Crippen LogP contribution in [-0.4, -0.2) is 41.3 Å². The third kappa shape index (κ3) is 2.22. The summed E-state index contributed by atoms with van der Waals surface area (Å²) < 4.78 is 11.2. The Morgan fingerprint density at radius 3 is 2.28 bits per heavy atom. The lowest BCUT2D eigenvalue weighted by molar-refractivity contribution is -0.154. The number of hydrogen-bond acceptors (Lipinski definition) is 5. The van der Waals surface area contributed by atoms with Crippen LogP contribution in [0.4, 0.5) is 0 Å². The number of azide groups is 2. The van der Waals surface area contributed by atoms with Crippen molar-refractivity contribution in [3.63, 3.8) is 0 Å². The molecule has 2 rings (SSSR count). The molecule has 0 spiro atoms. The molecule has 1 N–H and O–H groups in total. The zero-order valence-corrected chi connectivity index (χ0v) is 10.0. The van der Waals surface area contributed by atoms with Crippen LogP contribution in [-0.2, 0) is 9.47 Å². The number of ether oxygens (including phenoxy) is 2. The van der Waals surface area contributed by atoms with E-state index in [4.69, 9.17) is 20.5 Å². The molecule has 0 radical (unpaired) electrons. The molecule has 1 aliphatic heterocycles. The second kappa shape index (κ2) is 4.64. The molecular weight excluding hydrogens is 240 g/mol. The van der Waals surface area contributed by atoms with Gasteiger partial charge in [-0.15, -0.1) is 0 Å². The van der Waals surface area contributed by atoms with Crippen molar-refractivity contribution in [3.05, 3.63) is 20.9 Å². The summed E-state index contributed by atoms with van der Waals surface area (Å²) in [5.41, 5.74) is 17.0. The van der Waals surface area contributed by atoms with Gasteiger partial charge in [-0.05, 0) is 31.3 Å². The maximum atomic E-state index is 10.1. The van der Waals surface area contributed by atoms with Crippen molar-refractivity contribution < 1.29 is 14.6 Å². The maximum absolute atomic E-state index is 10.1. The number of aliphatic hydroxyl groups excluding tert-OH is 1. The van der Waals surface area contributed by atoms with Crippen molar-refractivity contribution in [3.8, 4) is 0 Å². The topological polar surface area (TPSA) is 136 Å². The fourth-order valence-corrected chi connectivity index (χ4v) is 2.48. The van der Waals surface area contributed by atoms with Crippen LogP contribution >= 0.6 is 0 Å². The van der Waals surface area contributed by atoms with E-state index in [9.17, 15) is 5.11 Å². The lowest BCUT2D eigenvalue weighted by Gasteiger charge is -2.35. The van der Waals surface area contributed by atoms with Crippen LogP contribution in [0, 0.1) is 0 Å². The van der Waals surface area contributed by atoms with Gasteiger partial charge in [0.25, 0.3) is 0 Å². The quantitative estimate of drug-likeness (QED) is 0.455. The molecule has 1 saturated heterocycles. The van der Waals surface area contributed by atoms with Crippen molar-refractivity contribution in [1.29, 1.82) is 0 Å². The summed E-state index contributed by atoms with van der Waals surface area (Å²) in [6.45, 7) is 3.43. The molecule has 0 bridgehead atoms. The Morgan fingerprint density at radius 1 is 1.11 bits per heavy atom. The van der Waals surface area contributed by atoms with Crippen molar-refractivity contribution in [2.45, 2.75) is 56.5 Å². The molecule has 9 nitrogen and oxygen atoms in total. The molecule has 0 aromatic heterocycles. The minimum absolute atomic E-state index is 0.246. The summed E-state index contributed by atoms with van der Waals surface area (Å²) in [4.78, 5) is 5.45. The number of aliphatic hydroxyl groups is 1. The van der Waals surface area contributed by atoms with Gasteiger partial charge in [0.15, 0.2) is 5.79 Å². The molecule has 9 heteroatoms. The van der Waals surface area contributed by atoms with Gasteiger partial charge in [-0.25, -0.2) is 0 Å². The van der Waals surface area contributed by atoms with Crippen LogP contribution in [0.15, 0.2) is 10.2 Å². The Hall–Kier alpha value is -1.50. The highest BCUT2D eigenvalue weighted by Gasteiger charge is 2.53. The fraction of sp³-hybridized carbons (Fsp3) is 1.00. The minimum Gasteiger partial charge on any atom is -0.390 e. The average Bonchev–Trinajstić information content (AvgIpc) is 2.62. The van der Waals surface area contributed by atoms with E-state index in [1.807, 2.05) is 0 Å². The first kappa shape index (κ1) is 12.9. The predicted octanol–water partition coefficient (Wildman–Crippen LogP) is 1.63. The first-order valence-electron chi connectivity index (χ1n) is 5.60. The van der Waals surface area contributed by atoms with Gasteiger partial charge in [0.05, 0.1) is 24.3 Å². The van der Waals surface area contributed by atoms with Crippen molar-refractivity contribution >= 4 is 0 Å². The van der Waals surface area contributed by atoms with Crippen LogP contribution in [0.5, 0.6) is 0 Å². The Bertz CT molecular complexity index is 428. The highest BCUT2D eigenvalue weighted by atomic mass is 16.8. The van der Waals surface area contributed by atoms with Crippen molar-refractivity contribution in [2.24, 2.45) is 10.2 Å². The van der Waals surface area contributed by atoms with Gasteiger partial charge in [-0.1, -0.05) is 10.2 Å². The zero-order valence-electron chi connectivity index (χ0n) is 10.0. The van der Waals surface area contributed by atoms with E-state index in [0.717, 1.165) is 0 Å². The summed E-state index contributed by atoms with van der Waals surface area (Å²) in [7, 11) is 0.